The molecule has 1 heterocycles. The normalized spacial score (nSPS) is 10.6. The second kappa shape index (κ2) is 8.53. The van der Waals surface area contributed by atoms with E-state index in [0.717, 1.165) is 11.3 Å². The largest absolute Gasteiger partial charge is 0.493 e. The van der Waals surface area contributed by atoms with Crippen LogP contribution < -0.4 is 9.47 Å². The molecule has 0 N–H and O–H groups in total. The maximum Gasteiger partial charge on any atom is 0.276 e. The van der Waals surface area contributed by atoms with Crippen molar-refractivity contribution in [3.8, 4) is 11.5 Å². The Balaban J connectivity index is 1.40. The average Bonchev–Trinajstić information content (AvgIpc) is 3.06. The summed E-state index contributed by atoms with van der Waals surface area (Å²) in [6.07, 6.45) is 0. The quantitative estimate of drug-likeness (QED) is 0.442. The molecule has 0 saturated heterocycles. The van der Waals surface area contributed by atoms with Gasteiger partial charge in [-0.15, -0.1) is 10.2 Å². The summed E-state index contributed by atoms with van der Waals surface area (Å²) in [5.41, 5.74) is 1.13. The van der Waals surface area contributed by atoms with Crippen LogP contribution in [0.5, 0.6) is 11.5 Å². The Hall–Kier alpha value is -2.54. The molecule has 3 aromatic rings. The summed E-state index contributed by atoms with van der Waals surface area (Å²) >= 11 is 1.39. The molecule has 2 aromatic carbocycles. The number of halogens is 1. The van der Waals surface area contributed by atoms with Gasteiger partial charge in [0.05, 0.1) is 6.61 Å². The highest BCUT2D eigenvalue weighted by atomic mass is 32.2. The van der Waals surface area contributed by atoms with Crippen LogP contribution in [-0.4, -0.2) is 22.6 Å². The van der Waals surface area contributed by atoms with E-state index in [4.69, 9.17) is 13.9 Å². The number of ether oxygens (including phenoxy) is 2. The molecule has 0 aliphatic rings. The molecule has 0 atom stereocenters. The zero-order chi connectivity index (χ0) is 17.5. The summed E-state index contributed by atoms with van der Waals surface area (Å²) in [7, 11) is 0. The molecule has 0 unspecified atom stereocenters. The molecule has 1 aromatic heterocycles. The molecule has 0 spiro atoms. The maximum absolute atomic E-state index is 12.8. The molecule has 3 rings (SSSR count). The second-order valence-corrected chi connectivity index (χ2v) is 6.26. The third-order valence-corrected chi connectivity index (χ3v) is 3.97. The van der Waals surface area contributed by atoms with E-state index in [2.05, 4.69) is 10.2 Å². The fourth-order valence-electron chi connectivity index (χ4n) is 2.02. The summed E-state index contributed by atoms with van der Waals surface area (Å²) in [6, 6.07) is 13.7. The minimum absolute atomic E-state index is 0.225. The van der Waals surface area contributed by atoms with Crippen LogP contribution in [0.1, 0.15) is 11.5 Å². The summed E-state index contributed by atoms with van der Waals surface area (Å²) in [5, 5.41) is 8.38. The van der Waals surface area contributed by atoms with Gasteiger partial charge in [-0.25, -0.2) is 4.39 Å². The highest BCUT2D eigenvalue weighted by Crippen LogP contribution is 2.19. The monoisotopic (exact) mass is 360 g/mol. The number of rotatable bonds is 8. The molecule has 0 bridgehead atoms. The predicted octanol–water partition coefficient (Wildman–Crippen LogP) is 4.27. The van der Waals surface area contributed by atoms with Crippen molar-refractivity contribution in [2.45, 2.75) is 18.8 Å². The lowest BCUT2D eigenvalue weighted by Gasteiger charge is -2.04. The van der Waals surface area contributed by atoms with Crippen LogP contribution in [0.25, 0.3) is 0 Å². The highest BCUT2D eigenvalue weighted by Gasteiger charge is 2.08. The lowest BCUT2D eigenvalue weighted by molar-refractivity contribution is 0.252. The fraction of sp³-hybridized carbons (Fsp3) is 0.222. The summed E-state index contributed by atoms with van der Waals surface area (Å²) in [5.74, 6) is 2.16. The summed E-state index contributed by atoms with van der Waals surface area (Å²) in [4.78, 5) is 0. The second-order valence-electron chi connectivity index (χ2n) is 5.22. The van der Waals surface area contributed by atoms with Crippen molar-refractivity contribution in [3.63, 3.8) is 0 Å². The van der Waals surface area contributed by atoms with Crippen LogP contribution in [0, 0.1) is 12.7 Å². The Morgan fingerprint density at radius 3 is 2.68 bits per heavy atom. The van der Waals surface area contributed by atoms with Gasteiger partial charge in [0.1, 0.15) is 17.3 Å². The van der Waals surface area contributed by atoms with Crippen molar-refractivity contribution in [1.29, 1.82) is 0 Å². The van der Waals surface area contributed by atoms with Gasteiger partial charge < -0.3 is 13.9 Å². The van der Waals surface area contributed by atoms with Gasteiger partial charge in [0, 0.05) is 5.75 Å². The van der Waals surface area contributed by atoms with Crippen LogP contribution >= 0.6 is 11.8 Å². The van der Waals surface area contributed by atoms with Crippen LogP contribution in [0.15, 0.2) is 58.2 Å². The lowest BCUT2D eigenvalue weighted by Crippen LogP contribution is -1.99. The van der Waals surface area contributed by atoms with E-state index in [1.807, 2.05) is 31.2 Å². The third kappa shape index (κ3) is 5.49. The SMILES string of the molecule is Cc1cccc(OCc2nnc(SCCOc3ccc(F)cc3)o2)c1. The molecule has 25 heavy (non-hydrogen) atoms. The minimum Gasteiger partial charge on any atom is -0.493 e. The Labute approximate surface area is 149 Å². The Morgan fingerprint density at radius 2 is 1.88 bits per heavy atom. The van der Waals surface area contributed by atoms with Crippen molar-refractivity contribution in [2.75, 3.05) is 12.4 Å². The van der Waals surface area contributed by atoms with Gasteiger partial charge in [0.25, 0.3) is 11.1 Å². The van der Waals surface area contributed by atoms with Gasteiger partial charge in [-0.3, -0.25) is 0 Å². The van der Waals surface area contributed by atoms with E-state index in [9.17, 15) is 4.39 Å². The first-order chi connectivity index (χ1) is 12.2. The number of aromatic nitrogens is 2. The first-order valence-corrected chi connectivity index (χ1v) is 8.70. The standard InChI is InChI=1S/C18H17FN2O3S/c1-13-3-2-4-16(11-13)23-12-17-20-21-18(24-17)25-10-9-22-15-7-5-14(19)6-8-15/h2-8,11H,9-10,12H2,1H3. The van der Waals surface area contributed by atoms with Gasteiger partial charge in [0.2, 0.25) is 0 Å². The van der Waals surface area contributed by atoms with Crippen molar-refractivity contribution in [2.24, 2.45) is 0 Å². The number of thioether (sulfide) groups is 1. The lowest BCUT2D eigenvalue weighted by atomic mass is 10.2. The van der Waals surface area contributed by atoms with Crippen molar-refractivity contribution >= 4 is 11.8 Å². The molecular formula is C18H17FN2O3S. The van der Waals surface area contributed by atoms with E-state index in [1.54, 1.807) is 12.1 Å². The first kappa shape index (κ1) is 17.3. The Kier molecular flexibility index (Phi) is 5.90. The average molecular weight is 360 g/mol. The number of nitrogens with zero attached hydrogens (tertiary/aromatic N) is 2. The molecule has 130 valence electrons. The molecule has 7 heteroatoms. The summed E-state index contributed by atoms with van der Waals surface area (Å²) in [6.45, 7) is 2.68. The number of benzene rings is 2. The van der Waals surface area contributed by atoms with Gasteiger partial charge in [-0.05, 0) is 48.9 Å². The van der Waals surface area contributed by atoms with Gasteiger partial charge in [-0.1, -0.05) is 23.9 Å². The smallest absolute Gasteiger partial charge is 0.276 e. The maximum atomic E-state index is 12.8. The van der Waals surface area contributed by atoms with Crippen LogP contribution in [0.2, 0.25) is 0 Å². The van der Waals surface area contributed by atoms with Crippen molar-refractivity contribution in [3.05, 3.63) is 65.8 Å². The number of hydrogen-bond donors (Lipinski definition) is 0. The van der Waals surface area contributed by atoms with Crippen molar-refractivity contribution < 1.29 is 18.3 Å². The number of aryl methyl sites for hydroxylation is 1. The Bertz CT molecular complexity index is 808. The molecule has 0 radical (unpaired) electrons. The van der Waals surface area contributed by atoms with Gasteiger partial charge >= 0.3 is 0 Å². The third-order valence-electron chi connectivity index (χ3n) is 3.19. The van der Waals surface area contributed by atoms with Crippen LogP contribution in [0.3, 0.4) is 0 Å². The Morgan fingerprint density at radius 1 is 1.04 bits per heavy atom. The topological polar surface area (TPSA) is 57.4 Å². The van der Waals surface area contributed by atoms with E-state index in [1.165, 1.54) is 23.9 Å². The number of hydrogen-bond acceptors (Lipinski definition) is 6. The zero-order valence-electron chi connectivity index (χ0n) is 13.6. The highest BCUT2D eigenvalue weighted by molar-refractivity contribution is 7.99. The van der Waals surface area contributed by atoms with Crippen LogP contribution in [-0.2, 0) is 6.61 Å². The first-order valence-electron chi connectivity index (χ1n) is 7.72. The molecule has 0 amide bonds. The molecule has 0 saturated carbocycles. The van der Waals surface area contributed by atoms with Gasteiger partial charge in [0.15, 0.2) is 6.61 Å². The summed E-state index contributed by atoms with van der Waals surface area (Å²) < 4.78 is 29.4. The molecule has 0 aliphatic heterocycles. The van der Waals surface area contributed by atoms with Gasteiger partial charge in [-0.2, -0.15) is 0 Å². The van der Waals surface area contributed by atoms with E-state index in [0.29, 0.717) is 29.2 Å². The van der Waals surface area contributed by atoms with Crippen LogP contribution in [0.4, 0.5) is 4.39 Å². The molecule has 0 fully saturated rings. The van der Waals surface area contributed by atoms with E-state index < -0.39 is 0 Å². The van der Waals surface area contributed by atoms with E-state index in [-0.39, 0.29) is 12.4 Å². The molecular weight excluding hydrogens is 343 g/mol. The molecule has 0 aliphatic carbocycles. The van der Waals surface area contributed by atoms with Crippen molar-refractivity contribution in [1.82, 2.24) is 10.2 Å². The fourth-order valence-corrected chi connectivity index (χ4v) is 2.62. The zero-order valence-corrected chi connectivity index (χ0v) is 14.5. The minimum atomic E-state index is -0.284. The van der Waals surface area contributed by atoms with E-state index >= 15 is 0 Å². The predicted molar refractivity (Wildman–Crippen MR) is 92.4 cm³/mol. The molecule has 5 nitrogen and oxygen atoms in total.